The lowest BCUT2D eigenvalue weighted by Gasteiger charge is -2.28. The fraction of sp³-hybridized carbons (Fsp3) is 0.350. The number of ether oxygens (including phenoxy) is 1. The van der Waals surface area contributed by atoms with Gasteiger partial charge in [-0.15, -0.1) is 0 Å². The van der Waals surface area contributed by atoms with E-state index in [1.165, 1.54) is 35.7 Å². The van der Waals surface area contributed by atoms with Crippen molar-refractivity contribution in [3.05, 3.63) is 59.2 Å². The lowest BCUT2D eigenvalue weighted by atomic mass is 10.0. The van der Waals surface area contributed by atoms with Crippen LogP contribution in [0.4, 0.5) is 5.69 Å². The van der Waals surface area contributed by atoms with Gasteiger partial charge in [0.2, 0.25) is 10.0 Å². The van der Waals surface area contributed by atoms with Crippen LogP contribution in [0.2, 0.25) is 0 Å². The minimum atomic E-state index is -3.87. The topological polar surface area (TPSA) is 110 Å². The molecule has 2 aromatic carbocycles. The normalized spacial score (nSPS) is 14.7. The monoisotopic (exact) mass is 452 g/mol. The second kappa shape index (κ2) is 8.75. The van der Waals surface area contributed by atoms with E-state index >= 15 is 0 Å². The summed E-state index contributed by atoms with van der Waals surface area (Å²) in [7, 11) is -5.95. The molecule has 0 amide bonds. The van der Waals surface area contributed by atoms with Gasteiger partial charge in [-0.05, 0) is 60.4 Å². The van der Waals surface area contributed by atoms with Crippen LogP contribution in [-0.4, -0.2) is 46.5 Å². The molecule has 0 bridgehead atoms. The number of rotatable bonds is 7. The van der Waals surface area contributed by atoms with Crippen molar-refractivity contribution >= 4 is 31.7 Å². The summed E-state index contributed by atoms with van der Waals surface area (Å²) in [6, 6.07) is 10.6. The van der Waals surface area contributed by atoms with Crippen LogP contribution >= 0.6 is 0 Å². The molecule has 0 fully saturated rings. The number of esters is 1. The quantitative estimate of drug-likeness (QED) is 0.646. The molecule has 0 aliphatic carbocycles. The van der Waals surface area contributed by atoms with Gasteiger partial charge in [-0.25, -0.2) is 21.6 Å². The van der Waals surface area contributed by atoms with Gasteiger partial charge in [-0.2, -0.15) is 4.31 Å². The number of benzene rings is 2. The minimum Gasteiger partial charge on any atom is -0.465 e. The van der Waals surface area contributed by atoms with Crippen LogP contribution in [-0.2, 0) is 37.7 Å². The molecule has 0 spiro atoms. The molecule has 10 heteroatoms. The van der Waals surface area contributed by atoms with Gasteiger partial charge in [0.05, 0.1) is 23.3 Å². The molecule has 1 heterocycles. The summed E-state index contributed by atoms with van der Waals surface area (Å²) in [5, 5.41) is 0. The summed E-state index contributed by atoms with van der Waals surface area (Å²) < 4.78 is 58.7. The van der Waals surface area contributed by atoms with Gasteiger partial charge in [-0.3, -0.25) is 4.72 Å². The molecule has 1 N–H and O–H groups in total. The van der Waals surface area contributed by atoms with E-state index in [1.54, 1.807) is 12.1 Å². The van der Waals surface area contributed by atoms with Crippen molar-refractivity contribution in [2.24, 2.45) is 0 Å². The number of carbonyl (C=O) groups excluding carboxylic acids is 1. The number of nitrogens with one attached hydrogen (secondary N) is 1. The average molecular weight is 453 g/mol. The first-order chi connectivity index (χ1) is 14.2. The van der Waals surface area contributed by atoms with Gasteiger partial charge in [0, 0.05) is 18.8 Å². The molecule has 1 aliphatic heterocycles. The predicted octanol–water partition coefficient (Wildman–Crippen LogP) is 2.37. The van der Waals surface area contributed by atoms with Crippen molar-refractivity contribution in [2.45, 2.75) is 31.2 Å². The standard InChI is InChI=1S/C20H24N2O6S2/c1-3-12-29(24,25)22-11-10-15-4-7-18(13-17(15)14-22)21-30(26,27)19-8-5-16(6-9-19)20(23)28-2/h4-9,13,21H,3,10-12,14H2,1-2H3. The molecule has 0 atom stereocenters. The van der Waals surface area contributed by atoms with E-state index < -0.39 is 26.0 Å². The largest absolute Gasteiger partial charge is 0.465 e. The zero-order valence-electron chi connectivity index (χ0n) is 16.8. The minimum absolute atomic E-state index is 0.0000221. The Balaban J connectivity index is 1.80. The summed E-state index contributed by atoms with van der Waals surface area (Å²) >= 11 is 0. The number of nitrogens with zero attached hydrogens (tertiary/aromatic N) is 1. The second-order valence-corrected chi connectivity index (χ2v) is 10.8. The number of hydrogen-bond donors (Lipinski definition) is 1. The van der Waals surface area contributed by atoms with Crippen LogP contribution in [0.15, 0.2) is 47.4 Å². The number of carbonyl (C=O) groups is 1. The van der Waals surface area contributed by atoms with E-state index in [0.717, 1.165) is 11.1 Å². The van der Waals surface area contributed by atoms with Gasteiger partial charge >= 0.3 is 5.97 Å². The van der Waals surface area contributed by atoms with Gasteiger partial charge in [-0.1, -0.05) is 13.0 Å². The molecule has 3 rings (SSSR count). The van der Waals surface area contributed by atoms with E-state index in [0.29, 0.717) is 25.1 Å². The average Bonchev–Trinajstić information content (AvgIpc) is 2.72. The molecule has 30 heavy (non-hydrogen) atoms. The first kappa shape index (κ1) is 22.3. The highest BCUT2D eigenvalue weighted by Gasteiger charge is 2.26. The van der Waals surface area contributed by atoms with Crippen molar-refractivity contribution in [2.75, 3.05) is 24.1 Å². The molecule has 0 unspecified atom stereocenters. The van der Waals surface area contributed by atoms with Crippen LogP contribution < -0.4 is 4.72 Å². The molecule has 1 aliphatic rings. The molecule has 0 saturated carbocycles. The Morgan fingerprint density at radius 3 is 2.40 bits per heavy atom. The third-order valence-corrected chi connectivity index (χ3v) is 8.30. The Kier molecular flexibility index (Phi) is 6.49. The maximum absolute atomic E-state index is 12.7. The molecule has 0 radical (unpaired) electrons. The molecular formula is C20H24N2O6S2. The third-order valence-electron chi connectivity index (χ3n) is 4.88. The Morgan fingerprint density at radius 1 is 1.07 bits per heavy atom. The Bertz CT molecular complexity index is 1140. The van der Waals surface area contributed by atoms with Gasteiger partial charge < -0.3 is 4.74 Å². The molecule has 0 aromatic heterocycles. The molecule has 8 nitrogen and oxygen atoms in total. The molecular weight excluding hydrogens is 428 g/mol. The highest BCUT2D eigenvalue weighted by Crippen LogP contribution is 2.26. The van der Waals surface area contributed by atoms with Crippen LogP contribution in [0.25, 0.3) is 0 Å². The second-order valence-electron chi connectivity index (χ2n) is 7.00. The summed E-state index contributed by atoms with van der Waals surface area (Å²) in [5.41, 5.74) is 2.38. The van der Waals surface area contributed by atoms with E-state index in [2.05, 4.69) is 9.46 Å². The van der Waals surface area contributed by atoms with Crippen molar-refractivity contribution in [1.82, 2.24) is 4.31 Å². The van der Waals surface area contributed by atoms with Crippen molar-refractivity contribution < 1.29 is 26.4 Å². The summed E-state index contributed by atoms with van der Waals surface area (Å²) in [6.45, 7) is 2.47. The highest BCUT2D eigenvalue weighted by molar-refractivity contribution is 7.92. The van der Waals surface area contributed by atoms with Crippen LogP contribution in [0, 0.1) is 0 Å². The molecule has 162 valence electrons. The Morgan fingerprint density at radius 2 is 1.77 bits per heavy atom. The summed E-state index contributed by atoms with van der Waals surface area (Å²) in [6.07, 6.45) is 1.13. The number of sulfonamides is 2. The molecule has 2 aromatic rings. The Labute approximate surface area is 177 Å². The fourth-order valence-electron chi connectivity index (χ4n) is 3.32. The maximum atomic E-state index is 12.7. The lowest BCUT2D eigenvalue weighted by Crippen LogP contribution is -2.37. The van der Waals surface area contributed by atoms with E-state index in [4.69, 9.17) is 0 Å². The third kappa shape index (κ3) is 4.82. The van der Waals surface area contributed by atoms with E-state index in [9.17, 15) is 21.6 Å². The maximum Gasteiger partial charge on any atom is 0.337 e. The molecule has 0 saturated heterocycles. The number of fused-ring (bicyclic) bond motifs is 1. The predicted molar refractivity (Wildman–Crippen MR) is 113 cm³/mol. The number of anilines is 1. The first-order valence-electron chi connectivity index (χ1n) is 9.47. The van der Waals surface area contributed by atoms with Gasteiger partial charge in [0.1, 0.15) is 0 Å². The van der Waals surface area contributed by atoms with E-state index in [-0.39, 0.29) is 22.8 Å². The van der Waals surface area contributed by atoms with Crippen molar-refractivity contribution in [3.63, 3.8) is 0 Å². The van der Waals surface area contributed by atoms with Crippen molar-refractivity contribution in [3.8, 4) is 0 Å². The smallest absolute Gasteiger partial charge is 0.337 e. The van der Waals surface area contributed by atoms with Crippen LogP contribution in [0.5, 0.6) is 0 Å². The lowest BCUT2D eigenvalue weighted by molar-refractivity contribution is 0.0600. The Hall–Kier alpha value is -2.43. The summed E-state index contributed by atoms with van der Waals surface area (Å²) in [5.74, 6) is -0.458. The van der Waals surface area contributed by atoms with E-state index in [1.807, 2.05) is 13.0 Å². The number of hydrogen-bond acceptors (Lipinski definition) is 6. The van der Waals surface area contributed by atoms with Crippen LogP contribution in [0.1, 0.15) is 34.8 Å². The van der Waals surface area contributed by atoms with Crippen molar-refractivity contribution in [1.29, 1.82) is 0 Å². The zero-order chi connectivity index (χ0) is 21.9. The SMILES string of the molecule is CCCS(=O)(=O)N1CCc2ccc(NS(=O)(=O)c3ccc(C(=O)OC)cc3)cc2C1. The van der Waals surface area contributed by atoms with Crippen LogP contribution in [0.3, 0.4) is 0 Å². The fourth-order valence-corrected chi connectivity index (χ4v) is 5.85. The summed E-state index contributed by atoms with van der Waals surface area (Å²) in [4.78, 5) is 11.5. The zero-order valence-corrected chi connectivity index (χ0v) is 18.4. The van der Waals surface area contributed by atoms with Gasteiger partial charge in [0.25, 0.3) is 10.0 Å². The van der Waals surface area contributed by atoms with Gasteiger partial charge in [0.15, 0.2) is 0 Å². The number of methoxy groups -OCH3 is 1. The first-order valence-corrected chi connectivity index (χ1v) is 12.6. The highest BCUT2D eigenvalue weighted by atomic mass is 32.2.